The number of hydrogen-bond acceptors (Lipinski definition) is 5. The molecule has 2 aliphatic rings. The second kappa shape index (κ2) is 7.80. The van der Waals surface area contributed by atoms with Crippen LogP contribution in [-0.2, 0) is 9.53 Å². The maximum absolute atomic E-state index is 13.1. The fourth-order valence-electron chi connectivity index (χ4n) is 4.31. The highest BCUT2D eigenvalue weighted by Crippen LogP contribution is 2.52. The molecule has 0 spiro atoms. The minimum Gasteiger partial charge on any atom is -0.490 e. The van der Waals surface area contributed by atoms with Crippen molar-refractivity contribution in [3.8, 4) is 11.5 Å². The number of ether oxygens (including phenoxy) is 3. The average Bonchev–Trinajstić information content (AvgIpc) is 2.70. The number of para-hydroxylation sites is 1. The van der Waals surface area contributed by atoms with Gasteiger partial charge in [-0.15, -0.1) is 0 Å². The summed E-state index contributed by atoms with van der Waals surface area (Å²) in [7, 11) is 0. The molecule has 1 fully saturated rings. The van der Waals surface area contributed by atoms with Crippen molar-refractivity contribution in [3.05, 3.63) is 53.6 Å². The highest BCUT2D eigenvalue weighted by atomic mass is 32.1. The summed E-state index contributed by atoms with van der Waals surface area (Å²) in [4.78, 5) is 15.0. The number of nitrogens with one attached hydrogen (secondary N) is 1. The molecule has 0 amide bonds. The molecule has 6 nitrogen and oxygen atoms in total. The van der Waals surface area contributed by atoms with Gasteiger partial charge in [-0.25, -0.2) is 0 Å². The smallest absolute Gasteiger partial charge is 0.317 e. The van der Waals surface area contributed by atoms with Crippen LogP contribution in [0.3, 0.4) is 0 Å². The number of fused-ring (bicyclic) bond motifs is 4. The fraction of sp³-hybridized carbons (Fsp3) is 0.391. The Balaban J connectivity index is 1.90. The number of rotatable bonds is 5. The summed E-state index contributed by atoms with van der Waals surface area (Å²) in [6.45, 7) is 8.45. The third-order valence-electron chi connectivity index (χ3n) is 5.62. The van der Waals surface area contributed by atoms with Gasteiger partial charge in [0.05, 0.1) is 19.3 Å². The van der Waals surface area contributed by atoms with Gasteiger partial charge in [0.15, 0.2) is 16.6 Å². The summed E-state index contributed by atoms with van der Waals surface area (Å²) in [6.07, 6.45) is 0. The topological polar surface area (TPSA) is 60.0 Å². The van der Waals surface area contributed by atoms with Gasteiger partial charge in [-0.1, -0.05) is 29.8 Å². The highest BCUT2D eigenvalue weighted by Gasteiger charge is 2.60. The molecule has 158 valence electrons. The molecular weight excluding hydrogens is 400 g/mol. The quantitative estimate of drug-likeness (QED) is 0.570. The largest absolute Gasteiger partial charge is 0.490 e. The molecule has 4 rings (SSSR count). The predicted molar refractivity (Wildman–Crippen MR) is 119 cm³/mol. The van der Waals surface area contributed by atoms with E-state index >= 15 is 0 Å². The number of esters is 1. The highest BCUT2D eigenvalue weighted by molar-refractivity contribution is 7.80. The van der Waals surface area contributed by atoms with Crippen molar-refractivity contribution in [1.29, 1.82) is 0 Å². The Labute approximate surface area is 182 Å². The van der Waals surface area contributed by atoms with Crippen molar-refractivity contribution in [3.63, 3.8) is 0 Å². The van der Waals surface area contributed by atoms with Gasteiger partial charge in [0.2, 0.25) is 5.72 Å². The van der Waals surface area contributed by atoms with E-state index in [0.29, 0.717) is 29.8 Å². The van der Waals surface area contributed by atoms with Crippen LogP contribution in [0.1, 0.15) is 37.9 Å². The number of hydrogen-bond donors (Lipinski definition) is 1. The molecule has 2 aromatic carbocycles. The van der Waals surface area contributed by atoms with Crippen molar-refractivity contribution in [2.45, 2.75) is 39.5 Å². The summed E-state index contributed by atoms with van der Waals surface area (Å²) in [5.74, 6) is 0.311. The van der Waals surface area contributed by atoms with Crippen LogP contribution in [0.2, 0.25) is 0 Å². The Bertz CT molecular complexity index is 978. The Morgan fingerprint density at radius 2 is 1.93 bits per heavy atom. The molecule has 0 aromatic heterocycles. The molecule has 7 heteroatoms. The van der Waals surface area contributed by atoms with Gasteiger partial charge in [-0.2, -0.15) is 0 Å². The molecule has 2 heterocycles. The average molecular weight is 427 g/mol. The van der Waals surface area contributed by atoms with Crippen LogP contribution in [0.15, 0.2) is 42.5 Å². The second-order valence-electron chi connectivity index (χ2n) is 7.59. The summed E-state index contributed by atoms with van der Waals surface area (Å²) < 4.78 is 17.9. The van der Waals surface area contributed by atoms with Gasteiger partial charge in [-0.05, 0) is 58.1 Å². The fourth-order valence-corrected chi connectivity index (χ4v) is 4.73. The number of thiocarbonyl (C=S) groups is 1. The van der Waals surface area contributed by atoms with E-state index in [0.717, 1.165) is 16.8 Å². The van der Waals surface area contributed by atoms with Crippen LogP contribution >= 0.6 is 12.2 Å². The van der Waals surface area contributed by atoms with Crippen LogP contribution in [0, 0.1) is 12.8 Å². The van der Waals surface area contributed by atoms with Crippen LogP contribution in [-0.4, -0.2) is 30.0 Å². The van der Waals surface area contributed by atoms with E-state index in [-0.39, 0.29) is 12.0 Å². The van der Waals surface area contributed by atoms with Crippen LogP contribution in [0.4, 0.5) is 5.69 Å². The third kappa shape index (κ3) is 3.17. The van der Waals surface area contributed by atoms with Crippen LogP contribution < -0.4 is 19.7 Å². The van der Waals surface area contributed by atoms with Gasteiger partial charge < -0.3 is 19.5 Å². The van der Waals surface area contributed by atoms with Gasteiger partial charge >= 0.3 is 5.97 Å². The summed E-state index contributed by atoms with van der Waals surface area (Å²) >= 11 is 5.74. The minimum absolute atomic E-state index is 0.291. The zero-order valence-corrected chi connectivity index (χ0v) is 18.4. The molecule has 2 aromatic rings. The normalized spacial score (nSPS) is 24.4. The first kappa shape index (κ1) is 20.5. The van der Waals surface area contributed by atoms with E-state index in [1.165, 1.54) is 0 Å². The molecular formula is C23H26N2O4S. The second-order valence-corrected chi connectivity index (χ2v) is 7.98. The van der Waals surface area contributed by atoms with Crippen molar-refractivity contribution < 1.29 is 19.0 Å². The third-order valence-corrected chi connectivity index (χ3v) is 5.92. The van der Waals surface area contributed by atoms with Crippen molar-refractivity contribution in [1.82, 2.24) is 5.32 Å². The van der Waals surface area contributed by atoms with Crippen molar-refractivity contribution in [2.75, 3.05) is 18.1 Å². The number of aryl methyl sites for hydroxylation is 1. The number of nitrogens with zero attached hydrogens (tertiary/aromatic N) is 1. The van der Waals surface area contributed by atoms with Crippen LogP contribution in [0.5, 0.6) is 11.5 Å². The van der Waals surface area contributed by atoms with Gasteiger partial charge in [0, 0.05) is 11.3 Å². The Kier molecular flexibility index (Phi) is 5.32. The standard InChI is InChI=1S/C23H26N2O4S/c1-5-27-17-9-7-8-16-19-18(21(26)28-6-2)23(4,29-20(16)17)25(22(30)24-19)15-12-10-14(3)11-13-15/h7-13,18-19H,5-6H2,1-4H3,(H,24,30)/t18-,19-,23-/m0/s1. The van der Waals surface area contributed by atoms with Gasteiger partial charge in [0.1, 0.15) is 5.92 Å². The molecule has 3 atom stereocenters. The first-order valence-electron chi connectivity index (χ1n) is 10.2. The summed E-state index contributed by atoms with van der Waals surface area (Å²) in [5, 5.41) is 3.87. The lowest BCUT2D eigenvalue weighted by molar-refractivity contribution is -0.159. The molecule has 0 aliphatic carbocycles. The van der Waals surface area contributed by atoms with Crippen molar-refractivity contribution >= 4 is 29.0 Å². The molecule has 0 saturated carbocycles. The lowest BCUT2D eigenvalue weighted by Crippen LogP contribution is -2.71. The SMILES string of the molecule is CCOC(=O)[C@@H]1[C@H]2NC(=S)N(c3ccc(C)cc3)[C@@]1(C)Oc1c(OCC)cccc12. The van der Waals surface area contributed by atoms with Gasteiger partial charge in [0.25, 0.3) is 0 Å². The zero-order chi connectivity index (χ0) is 21.5. The zero-order valence-electron chi connectivity index (χ0n) is 17.6. The first-order chi connectivity index (χ1) is 14.4. The number of carbonyl (C=O) groups excluding carboxylic acids is 1. The first-order valence-corrected chi connectivity index (χ1v) is 10.6. The molecule has 2 aliphatic heterocycles. The van der Waals surface area contributed by atoms with E-state index in [2.05, 4.69) is 5.32 Å². The molecule has 1 saturated heterocycles. The number of anilines is 1. The van der Waals surface area contributed by atoms with E-state index in [9.17, 15) is 4.79 Å². The molecule has 0 unspecified atom stereocenters. The molecule has 1 N–H and O–H groups in total. The minimum atomic E-state index is -1.09. The van der Waals surface area contributed by atoms with E-state index in [1.807, 2.05) is 68.1 Å². The number of benzene rings is 2. The molecule has 2 bridgehead atoms. The Morgan fingerprint density at radius 3 is 2.60 bits per heavy atom. The summed E-state index contributed by atoms with van der Waals surface area (Å²) in [6, 6.07) is 13.3. The maximum Gasteiger partial charge on any atom is 0.317 e. The Hall–Kier alpha value is -2.80. The van der Waals surface area contributed by atoms with E-state index < -0.39 is 11.6 Å². The molecule has 30 heavy (non-hydrogen) atoms. The maximum atomic E-state index is 13.1. The van der Waals surface area contributed by atoms with Crippen molar-refractivity contribution in [2.24, 2.45) is 5.92 Å². The lowest BCUT2D eigenvalue weighted by atomic mass is 9.79. The monoisotopic (exact) mass is 426 g/mol. The van der Waals surface area contributed by atoms with E-state index in [4.69, 9.17) is 26.4 Å². The molecule has 0 radical (unpaired) electrons. The predicted octanol–water partition coefficient (Wildman–Crippen LogP) is 4.12. The van der Waals surface area contributed by atoms with Crippen LogP contribution in [0.25, 0.3) is 0 Å². The number of carbonyl (C=O) groups is 1. The Morgan fingerprint density at radius 1 is 1.20 bits per heavy atom. The lowest BCUT2D eigenvalue weighted by Gasteiger charge is -2.55. The summed E-state index contributed by atoms with van der Waals surface area (Å²) in [5.41, 5.74) is 1.72. The van der Waals surface area contributed by atoms with E-state index in [1.54, 1.807) is 6.92 Å². The van der Waals surface area contributed by atoms with Gasteiger partial charge in [-0.3, -0.25) is 9.69 Å².